The van der Waals surface area contributed by atoms with Crippen molar-refractivity contribution in [2.45, 2.75) is 0 Å². The second-order valence-corrected chi connectivity index (χ2v) is 10.9. The standard InChI is InChI=1S/C27H14Br4O5/c28-17-11-19(24(21(30)13-17)35-26(33)15-7-3-1-4-8-15)23(32)20-12-18(29)14-22(31)25(20)36-27(34)16-9-5-2-6-10-16/h1-14H. The molecule has 4 rings (SSSR count). The van der Waals surface area contributed by atoms with Gasteiger partial charge >= 0.3 is 11.9 Å². The Balaban J connectivity index is 1.77. The van der Waals surface area contributed by atoms with Crippen molar-refractivity contribution < 1.29 is 23.9 Å². The van der Waals surface area contributed by atoms with Crippen LogP contribution in [0.5, 0.6) is 11.5 Å². The van der Waals surface area contributed by atoms with Gasteiger partial charge in [0.15, 0.2) is 11.5 Å². The molecule has 0 bridgehead atoms. The van der Waals surface area contributed by atoms with E-state index in [0.717, 1.165) is 0 Å². The molecule has 9 heteroatoms. The SMILES string of the molecule is O=C(Oc1c(Br)cc(Br)cc1C(=O)c1cc(Br)cc(Br)c1OC(=O)c1ccccc1)c1ccccc1. The van der Waals surface area contributed by atoms with Gasteiger partial charge in [-0.25, -0.2) is 9.59 Å². The van der Waals surface area contributed by atoms with Gasteiger partial charge in [-0.2, -0.15) is 0 Å². The summed E-state index contributed by atoms with van der Waals surface area (Å²) in [5, 5.41) is 0. The number of ketones is 1. The summed E-state index contributed by atoms with van der Waals surface area (Å²) >= 11 is 13.6. The normalized spacial score (nSPS) is 10.6. The molecule has 0 heterocycles. The van der Waals surface area contributed by atoms with Crippen molar-refractivity contribution in [3.63, 3.8) is 0 Å². The van der Waals surface area contributed by atoms with Gasteiger partial charge in [0.25, 0.3) is 0 Å². The third-order valence-corrected chi connectivity index (χ3v) is 7.01. The first kappa shape index (κ1) is 26.5. The molecule has 0 aromatic heterocycles. The van der Waals surface area contributed by atoms with Crippen molar-refractivity contribution in [1.82, 2.24) is 0 Å². The van der Waals surface area contributed by atoms with Crippen LogP contribution in [0.1, 0.15) is 36.6 Å². The van der Waals surface area contributed by atoms with Crippen LogP contribution in [0.15, 0.2) is 103 Å². The number of rotatable bonds is 6. The number of benzene rings is 4. The summed E-state index contributed by atoms with van der Waals surface area (Å²) in [5.41, 5.74) is 0.826. The van der Waals surface area contributed by atoms with Gasteiger partial charge in [0.2, 0.25) is 5.78 Å². The fourth-order valence-electron chi connectivity index (χ4n) is 3.26. The summed E-state index contributed by atoms with van der Waals surface area (Å²) in [6.07, 6.45) is 0. The Morgan fingerprint density at radius 2 is 0.889 bits per heavy atom. The lowest BCUT2D eigenvalue weighted by atomic mass is 10.0. The van der Waals surface area contributed by atoms with Gasteiger partial charge in [-0.3, -0.25) is 4.79 Å². The fourth-order valence-corrected chi connectivity index (χ4v) is 5.87. The highest BCUT2D eigenvalue weighted by atomic mass is 79.9. The third-order valence-electron chi connectivity index (χ3n) is 4.91. The van der Waals surface area contributed by atoms with Crippen LogP contribution in [0.4, 0.5) is 0 Å². The molecule has 0 saturated carbocycles. The zero-order valence-corrected chi connectivity index (χ0v) is 24.5. The Kier molecular flexibility index (Phi) is 8.56. The van der Waals surface area contributed by atoms with Gasteiger partial charge in [-0.05, 0) is 80.4 Å². The number of carbonyl (C=O) groups excluding carboxylic acids is 3. The second kappa shape index (κ2) is 11.6. The molecule has 0 aliphatic rings. The highest BCUT2D eigenvalue weighted by Crippen LogP contribution is 2.39. The van der Waals surface area contributed by atoms with E-state index in [2.05, 4.69) is 63.7 Å². The minimum atomic E-state index is -0.626. The Labute approximate surface area is 240 Å². The van der Waals surface area contributed by atoms with Crippen molar-refractivity contribution in [1.29, 1.82) is 0 Å². The molecule has 0 unspecified atom stereocenters. The average molecular weight is 738 g/mol. The summed E-state index contributed by atoms with van der Waals surface area (Å²) in [7, 11) is 0. The Morgan fingerprint density at radius 3 is 1.25 bits per heavy atom. The Hall–Kier alpha value is -2.59. The molecule has 0 aliphatic carbocycles. The maximum absolute atomic E-state index is 13.9. The number of carbonyl (C=O) groups is 3. The molecule has 0 radical (unpaired) electrons. The van der Waals surface area contributed by atoms with Crippen LogP contribution in [0, 0.1) is 0 Å². The lowest BCUT2D eigenvalue weighted by molar-refractivity contribution is 0.0724. The molecule has 5 nitrogen and oxygen atoms in total. The van der Waals surface area contributed by atoms with E-state index >= 15 is 0 Å². The Bertz CT molecular complexity index is 1360. The third kappa shape index (κ3) is 6.03. The second-order valence-electron chi connectivity index (χ2n) is 7.37. The average Bonchev–Trinajstić information content (AvgIpc) is 2.87. The fraction of sp³-hybridized carbons (Fsp3) is 0. The number of halogens is 4. The molecule has 0 spiro atoms. The molecule has 0 amide bonds. The van der Waals surface area contributed by atoms with Gasteiger partial charge in [0.05, 0.1) is 31.2 Å². The van der Waals surface area contributed by atoms with Crippen LogP contribution in [0.2, 0.25) is 0 Å². The van der Waals surface area contributed by atoms with E-state index in [9.17, 15) is 14.4 Å². The van der Waals surface area contributed by atoms with Crippen LogP contribution < -0.4 is 9.47 Å². The summed E-state index contributed by atoms with van der Waals surface area (Å²) in [6.45, 7) is 0. The maximum atomic E-state index is 13.9. The zero-order valence-electron chi connectivity index (χ0n) is 18.1. The number of hydrogen-bond acceptors (Lipinski definition) is 5. The van der Waals surface area contributed by atoms with Crippen LogP contribution in [0.25, 0.3) is 0 Å². The predicted octanol–water partition coefficient (Wildman–Crippen LogP) is 8.41. The van der Waals surface area contributed by atoms with Crippen LogP contribution in [-0.4, -0.2) is 17.7 Å². The monoisotopic (exact) mass is 734 g/mol. The van der Waals surface area contributed by atoms with E-state index in [-0.39, 0.29) is 22.6 Å². The lowest BCUT2D eigenvalue weighted by Gasteiger charge is -2.16. The number of esters is 2. The largest absolute Gasteiger partial charge is 0.421 e. The quantitative estimate of drug-likeness (QED) is 0.113. The predicted molar refractivity (Wildman–Crippen MR) is 150 cm³/mol. The first-order chi connectivity index (χ1) is 17.2. The van der Waals surface area contributed by atoms with Gasteiger partial charge in [0, 0.05) is 8.95 Å². The van der Waals surface area contributed by atoms with Crippen LogP contribution in [0.3, 0.4) is 0 Å². The van der Waals surface area contributed by atoms with Crippen molar-refractivity contribution >= 4 is 81.4 Å². The molecule has 0 atom stereocenters. The lowest BCUT2D eigenvalue weighted by Crippen LogP contribution is -2.15. The van der Waals surface area contributed by atoms with Crippen molar-refractivity contribution in [3.8, 4) is 11.5 Å². The molecule has 4 aromatic rings. The van der Waals surface area contributed by atoms with Gasteiger partial charge < -0.3 is 9.47 Å². The van der Waals surface area contributed by atoms with Crippen molar-refractivity contribution in [2.75, 3.05) is 0 Å². The summed E-state index contributed by atoms with van der Waals surface area (Å²) in [4.78, 5) is 39.4. The maximum Gasteiger partial charge on any atom is 0.343 e. The van der Waals surface area contributed by atoms with E-state index in [0.29, 0.717) is 29.0 Å². The number of hydrogen-bond donors (Lipinski definition) is 0. The molecule has 36 heavy (non-hydrogen) atoms. The van der Waals surface area contributed by atoms with Gasteiger partial charge in [-0.1, -0.05) is 68.3 Å². The van der Waals surface area contributed by atoms with E-state index in [1.165, 1.54) is 12.1 Å². The van der Waals surface area contributed by atoms with Gasteiger partial charge in [-0.15, -0.1) is 0 Å². The molecule has 0 saturated heterocycles. The highest BCUT2D eigenvalue weighted by molar-refractivity contribution is 9.11. The molecular formula is C27H14Br4O5. The molecular weight excluding hydrogens is 724 g/mol. The van der Waals surface area contributed by atoms with E-state index < -0.39 is 17.7 Å². The molecule has 0 aliphatic heterocycles. The Morgan fingerprint density at radius 1 is 0.528 bits per heavy atom. The first-order valence-corrected chi connectivity index (χ1v) is 13.5. The van der Waals surface area contributed by atoms with Crippen molar-refractivity contribution in [2.24, 2.45) is 0 Å². The number of ether oxygens (including phenoxy) is 2. The molecule has 4 aromatic carbocycles. The summed E-state index contributed by atoms with van der Waals surface area (Å²) < 4.78 is 13.2. The van der Waals surface area contributed by atoms with Crippen LogP contribution >= 0.6 is 63.7 Å². The van der Waals surface area contributed by atoms with E-state index in [1.54, 1.807) is 72.8 Å². The smallest absolute Gasteiger partial charge is 0.343 e. The minimum absolute atomic E-state index is 0.0356. The van der Waals surface area contributed by atoms with E-state index in [4.69, 9.17) is 9.47 Å². The summed E-state index contributed by atoms with van der Waals surface area (Å²) in [6, 6.07) is 23.3. The van der Waals surface area contributed by atoms with Crippen molar-refractivity contribution in [3.05, 3.63) is 125 Å². The minimum Gasteiger partial charge on any atom is -0.421 e. The topological polar surface area (TPSA) is 69.7 Å². The highest BCUT2D eigenvalue weighted by Gasteiger charge is 2.26. The zero-order chi connectivity index (χ0) is 25.8. The van der Waals surface area contributed by atoms with Crippen LogP contribution in [-0.2, 0) is 0 Å². The summed E-state index contributed by atoms with van der Waals surface area (Å²) in [5.74, 6) is -1.70. The molecule has 180 valence electrons. The van der Waals surface area contributed by atoms with E-state index in [1.807, 2.05) is 0 Å². The molecule has 0 fully saturated rings. The molecule has 0 N–H and O–H groups in total. The van der Waals surface area contributed by atoms with Gasteiger partial charge in [0.1, 0.15) is 0 Å². The first-order valence-electron chi connectivity index (χ1n) is 10.3.